The van der Waals surface area contributed by atoms with Crippen LogP contribution >= 0.6 is 0 Å². The second kappa shape index (κ2) is 9.47. The topological polar surface area (TPSA) is 56.5 Å². The van der Waals surface area contributed by atoms with Crippen molar-refractivity contribution in [3.05, 3.63) is 53.0 Å². The predicted molar refractivity (Wildman–Crippen MR) is 115 cm³/mol. The lowest BCUT2D eigenvalue weighted by molar-refractivity contribution is 0.306. The van der Waals surface area contributed by atoms with Crippen LogP contribution in [0.25, 0.3) is 11.0 Å². The SMILES string of the molecule is CCc1ccc(OCCCc2noc3cc(F)cc(C4CCNCC4)c23)cc1OC. The van der Waals surface area contributed by atoms with Gasteiger partial charge in [0.1, 0.15) is 17.3 Å². The number of rotatable bonds is 8. The third kappa shape index (κ3) is 4.43. The lowest BCUT2D eigenvalue weighted by Gasteiger charge is -2.23. The molecule has 6 heteroatoms. The molecule has 0 aliphatic carbocycles. The van der Waals surface area contributed by atoms with Crippen LogP contribution in [-0.2, 0) is 12.8 Å². The molecular weight excluding hydrogens is 383 g/mol. The Bertz CT molecular complexity index is 996. The van der Waals surface area contributed by atoms with E-state index in [4.69, 9.17) is 14.0 Å². The van der Waals surface area contributed by atoms with Gasteiger partial charge in [0.25, 0.3) is 0 Å². The highest BCUT2D eigenvalue weighted by atomic mass is 19.1. The number of benzene rings is 2. The fraction of sp³-hybridized carbons (Fsp3) is 0.458. The summed E-state index contributed by atoms with van der Waals surface area (Å²) in [6, 6.07) is 9.05. The van der Waals surface area contributed by atoms with Crippen LogP contribution < -0.4 is 14.8 Å². The number of methoxy groups -OCH3 is 1. The van der Waals surface area contributed by atoms with Gasteiger partial charge in [0.05, 0.1) is 19.4 Å². The molecule has 0 spiro atoms. The molecule has 160 valence electrons. The van der Waals surface area contributed by atoms with Gasteiger partial charge in [-0.2, -0.15) is 0 Å². The third-order valence-corrected chi connectivity index (χ3v) is 5.89. The number of aromatic nitrogens is 1. The van der Waals surface area contributed by atoms with Crippen molar-refractivity contribution in [1.29, 1.82) is 0 Å². The zero-order valence-electron chi connectivity index (χ0n) is 17.7. The van der Waals surface area contributed by atoms with Crippen molar-refractivity contribution >= 4 is 11.0 Å². The Morgan fingerprint density at radius 3 is 2.80 bits per heavy atom. The highest BCUT2D eigenvalue weighted by Crippen LogP contribution is 2.34. The number of piperidine rings is 1. The average Bonchev–Trinajstić information content (AvgIpc) is 3.19. The van der Waals surface area contributed by atoms with E-state index in [-0.39, 0.29) is 5.82 Å². The Morgan fingerprint density at radius 1 is 1.20 bits per heavy atom. The first-order valence-corrected chi connectivity index (χ1v) is 10.8. The summed E-state index contributed by atoms with van der Waals surface area (Å²) in [6.45, 7) is 4.58. The van der Waals surface area contributed by atoms with Gasteiger partial charge in [-0.3, -0.25) is 0 Å². The lowest BCUT2D eigenvalue weighted by Crippen LogP contribution is -2.26. The van der Waals surface area contributed by atoms with Crippen LogP contribution in [0.3, 0.4) is 0 Å². The Morgan fingerprint density at radius 2 is 2.03 bits per heavy atom. The molecule has 1 fully saturated rings. The smallest absolute Gasteiger partial charge is 0.170 e. The van der Waals surface area contributed by atoms with Crippen LogP contribution in [0.2, 0.25) is 0 Å². The van der Waals surface area contributed by atoms with E-state index < -0.39 is 0 Å². The lowest BCUT2D eigenvalue weighted by atomic mass is 9.87. The second-order valence-electron chi connectivity index (χ2n) is 7.80. The van der Waals surface area contributed by atoms with E-state index in [9.17, 15) is 4.39 Å². The Kier molecular flexibility index (Phi) is 6.53. The monoisotopic (exact) mass is 412 g/mol. The van der Waals surface area contributed by atoms with Gasteiger partial charge in [-0.25, -0.2) is 4.39 Å². The molecule has 1 aromatic heterocycles. The first kappa shape index (κ1) is 20.7. The molecule has 30 heavy (non-hydrogen) atoms. The standard InChI is InChI=1S/C24H29FN2O3/c1-3-16-6-7-19(15-22(16)28-2)29-12-4-5-21-24-20(17-8-10-26-11-9-17)13-18(25)14-23(24)30-27-21/h6-7,13-15,17,26H,3-5,8-12H2,1-2H3. The van der Waals surface area contributed by atoms with Crippen LogP contribution in [0.5, 0.6) is 11.5 Å². The highest BCUT2D eigenvalue weighted by molar-refractivity contribution is 5.84. The number of halogens is 1. The van der Waals surface area contributed by atoms with Gasteiger partial charge in [0.2, 0.25) is 0 Å². The van der Waals surface area contributed by atoms with Crippen molar-refractivity contribution in [2.24, 2.45) is 0 Å². The molecule has 1 saturated heterocycles. The summed E-state index contributed by atoms with van der Waals surface area (Å²) in [4.78, 5) is 0. The van der Waals surface area contributed by atoms with Gasteiger partial charge in [0.15, 0.2) is 5.58 Å². The summed E-state index contributed by atoms with van der Waals surface area (Å²) in [7, 11) is 1.68. The first-order valence-electron chi connectivity index (χ1n) is 10.8. The van der Waals surface area contributed by atoms with Crippen molar-refractivity contribution in [3.63, 3.8) is 0 Å². The van der Waals surface area contributed by atoms with Crippen LogP contribution in [0.15, 0.2) is 34.9 Å². The Balaban J connectivity index is 1.44. The van der Waals surface area contributed by atoms with E-state index in [1.165, 1.54) is 6.07 Å². The van der Waals surface area contributed by atoms with Crippen molar-refractivity contribution < 1.29 is 18.4 Å². The van der Waals surface area contributed by atoms with Crippen molar-refractivity contribution in [2.45, 2.75) is 44.9 Å². The summed E-state index contributed by atoms with van der Waals surface area (Å²) >= 11 is 0. The van der Waals surface area contributed by atoms with E-state index in [1.54, 1.807) is 13.2 Å². The minimum atomic E-state index is -0.258. The maximum absolute atomic E-state index is 14.1. The number of aryl methyl sites for hydroxylation is 2. The van der Waals surface area contributed by atoms with Crippen LogP contribution in [0.1, 0.15) is 48.9 Å². The zero-order chi connectivity index (χ0) is 20.9. The number of nitrogens with zero attached hydrogens (tertiary/aromatic N) is 1. The van der Waals surface area contributed by atoms with Gasteiger partial charge in [-0.15, -0.1) is 0 Å². The molecule has 2 aromatic carbocycles. The number of nitrogens with one attached hydrogen (secondary N) is 1. The number of fused-ring (bicyclic) bond motifs is 1. The van der Waals surface area contributed by atoms with Gasteiger partial charge in [0, 0.05) is 17.5 Å². The predicted octanol–water partition coefficient (Wildman–Crippen LogP) is 5.02. The molecule has 0 bridgehead atoms. The number of hydrogen-bond acceptors (Lipinski definition) is 5. The average molecular weight is 413 g/mol. The molecule has 4 rings (SSSR count). The van der Waals surface area contributed by atoms with E-state index in [0.29, 0.717) is 18.1 Å². The summed E-state index contributed by atoms with van der Waals surface area (Å²) < 4.78 is 31.0. The zero-order valence-corrected chi connectivity index (χ0v) is 17.7. The van der Waals surface area contributed by atoms with E-state index in [0.717, 1.165) is 78.9 Å². The highest BCUT2D eigenvalue weighted by Gasteiger charge is 2.22. The van der Waals surface area contributed by atoms with Crippen LogP contribution in [0, 0.1) is 5.82 Å². The molecule has 0 amide bonds. The molecule has 0 radical (unpaired) electrons. The van der Waals surface area contributed by atoms with Crippen LogP contribution in [0.4, 0.5) is 4.39 Å². The Hall–Kier alpha value is -2.60. The molecular formula is C24H29FN2O3. The summed E-state index contributed by atoms with van der Waals surface area (Å²) in [6.07, 6.45) is 4.44. The van der Waals surface area contributed by atoms with Crippen molar-refractivity contribution in [3.8, 4) is 11.5 Å². The number of ether oxygens (including phenoxy) is 2. The largest absolute Gasteiger partial charge is 0.496 e. The molecule has 1 aliphatic rings. The van der Waals surface area contributed by atoms with E-state index in [2.05, 4.69) is 17.4 Å². The normalized spacial score (nSPS) is 14.9. The van der Waals surface area contributed by atoms with Gasteiger partial charge in [-0.1, -0.05) is 18.1 Å². The number of hydrogen-bond donors (Lipinski definition) is 1. The third-order valence-electron chi connectivity index (χ3n) is 5.89. The van der Waals surface area contributed by atoms with Gasteiger partial charge >= 0.3 is 0 Å². The first-order chi connectivity index (χ1) is 14.7. The minimum absolute atomic E-state index is 0.258. The fourth-order valence-electron chi connectivity index (χ4n) is 4.29. The molecule has 5 nitrogen and oxygen atoms in total. The molecule has 0 atom stereocenters. The maximum atomic E-state index is 14.1. The Labute approximate surface area is 176 Å². The quantitative estimate of drug-likeness (QED) is 0.527. The molecule has 3 aromatic rings. The van der Waals surface area contributed by atoms with Gasteiger partial charge in [-0.05, 0) is 74.4 Å². The van der Waals surface area contributed by atoms with Crippen molar-refractivity contribution in [1.82, 2.24) is 10.5 Å². The van der Waals surface area contributed by atoms with E-state index >= 15 is 0 Å². The molecule has 0 saturated carbocycles. The molecule has 1 N–H and O–H groups in total. The summed E-state index contributed by atoms with van der Waals surface area (Å²) in [5.74, 6) is 1.73. The van der Waals surface area contributed by atoms with Crippen molar-refractivity contribution in [2.75, 3.05) is 26.8 Å². The fourth-order valence-corrected chi connectivity index (χ4v) is 4.29. The maximum Gasteiger partial charge on any atom is 0.170 e. The van der Waals surface area contributed by atoms with E-state index in [1.807, 2.05) is 18.2 Å². The van der Waals surface area contributed by atoms with Gasteiger partial charge < -0.3 is 19.3 Å². The molecule has 0 unspecified atom stereocenters. The molecule has 1 aliphatic heterocycles. The van der Waals surface area contributed by atoms with Crippen LogP contribution in [-0.4, -0.2) is 32.0 Å². The molecule has 2 heterocycles. The summed E-state index contributed by atoms with van der Waals surface area (Å²) in [5, 5.41) is 8.61. The summed E-state index contributed by atoms with van der Waals surface area (Å²) in [5.41, 5.74) is 3.63. The second-order valence-corrected chi connectivity index (χ2v) is 7.80. The minimum Gasteiger partial charge on any atom is -0.496 e.